The summed E-state index contributed by atoms with van der Waals surface area (Å²) in [5.41, 5.74) is 5.25. The third-order valence-electron chi connectivity index (χ3n) is 2.26. The van der Waals surface area contributed by atoms with Gasteiger partial charge < -0.3 is 15.8 Å². The van der Waals surface area contributed by atoms with Crippen molar-refractivity contribution >= 4 is 5.91 Å². The quantitative estimate of drug-likeness (QED) is 0.639. The minimum absolute atomic E-state index is 0.0502. The second-order valence-corrected chi connectivity index (χ2v) is 3.90. The molecule has 0 bridgehead atoms. The highest BCUT2D eigenvalue weighted by atomic mass is 16.5. The Bertz CT molecular complexity index is 186. The first kappa shape index (κ1) is 10.5. The van der Waals surface area contributed by atoms with Gasteiger partial charge in [-0.05, 0) is 26.7 Å². The van der Waals surface area contributed by atoms with Gasteiger partial charge in [0.15, 0.2) is 0 Å². The molecule has 1 saturated heterocycles. The zero-order valence-corrected chi connectivity index (χ0v) is 8.30. The third-order valence-corrected chi connectivity index (χ3v) is 2.26. The Kier molecular flexibility index (Phi) is 3.27. The van der Waals surface area contributed by atoms with E-state index < -0.39 is 5.54 Å². The van der Waals surface area contributed by atoms with Crippen LogP contribution >= 0.6 is 0 Å². The number of ether oxygens (including phenoxy) is 1. The Balaban J connectivity index is 2.51. The smallest absolute Gasteiger partial charge is 0.240 e. The van der Waals surface area contributed by atoms with E-state index in [9.17, 15) is 4.79 Å². The zero-order valence-electron chi connectivity index (χ0n) is 8.30. The molecule has 0 aromatic carbocycles. The number of nitrogens with one attached hydrogen (secondary N) is 1. The lowest BCUT2D eigenvalue weighted by Crippen LogP contribution is -2.58. The van der Waals surface area contributed by atoms with Crippen molar-refractivity contribution in [3.8, 4) is 0 Å². The predicted molar refractivity (Wildman–Crippen MR) is 50.3 cm³/mol. The second-order valence-electron chi connectivity index (χ2n) is 3.90. The minimum Gasteiger partial charge on any atom is -0.381 e. The van der Waals surface area contributed by atoms with Crippen LogP contribution in [0.1, 0.15) is 26.7 Å². The molecular weight excluding hydrogens is 168 g/mol. The molecule has 0 aliphatic carbocycles. The van der Waals surface area contributed by atoms with Gasteiger partial charge in [0.1, 0.15) is 0 Å². The summed E-state index contributed by atoms with van der Waals surface area (Å²) in [6.07, 6.45) is 1.23. The Morgan fingerprint density at radius 2 is 2.00 bits per heavy atom. The highest BCUT2D eigenvalue weighted by molar-refractivity contribution is 5.86. The molecule has 1 rings (SSSR count). The van der Waals surface area contributed by atoms with Crippen LogP contribution in [0.2, 0.25) is 0 Å². The van der Waals surface area contributed by atoms with Gasteiger partial charge in [0.2, 0.25) is 5.91 Å². The van der Waals surface area contributed by atoms with Crippen molar-refractivity contribution in [2.24, 2.45) is 5.73 Å². The van der Waals surface area contributed by atoms with Gasteiger partial charge in [0, 0.05) is 19.3 Å². The molecule has 0 saturated carbocycles. The molecule has 0 radical (unpaired) electrons. The molecule has 76 valence electrons. The van der Waals surface area contributed by atoms with E-state index in [1.807, 2.05) is 13.8 Å². The van der Waals surface area contributed by atoms with E-state index in [0.717, 1.165) is 0 Å². The standard InChI is InChI=1S/C9H18N2O2/c1-7(2)11-8(12)9(10)3-5-13-6-4-9/h7H,3-6,10H2,1-2H3,(H,11,12). The molecule has 0 aromatic heterocycles. The van der Waals surface area contributed by atoms with Crippen LogP contribution in [0.5, 0.6) is 0 Å². The van der Waals surface area contributed by atoms with Crippen molar-refractivity contribution < 1.29 is 9.53 Å². The molecule has 0 aromatic rings. The van der Waals surface area contributed by atoms with Crippen molar-refractivity contribution in [3.05, 3.63) is 0 Å². The number of carbonyl (C=O) groups excluding carboxylic acids is 1. The summed E-state index contributed by atoms with van der Waals surface area (Å²) in [6.45, 7) is 5.03. The van der Waals surface area contributed by atoms with E-state index in [-0.39, 0.29) is 11.9 Å². The van der Waals surface area contributed by atoms with E-state index >= 15 is 0 Å². The lowest BCUT2D eigenvalue weighted by molar-refractivity contribution is -0.130. The number of amides is 1. The number of nitrogens with two attached hydrogens (primary N) is 1. The normalized spacial score (nSPS) is 21.5. The molecule has 0 atom stereocenters. The minimum atomic E-state index is -0.706. The monoisotopic (exact) mass is 186 g/mol. The van der Waals surface area contributed by atoms with Crippen LogP contribution in [0.4, 0.5) is 0 Å². The fraction of sp³-hybridized carbons (Fsp3) is 0.889. The van der Waals surface area contributed by atoms with Gasteiger partial charge in [-0.1, -0.05) is 0 Å². The van der Waals surface area contributed by atoms with Crippen LogP contribution in [0.25, 0.3) is 0 Å². The zero-order chi connectivity index (χ0) is 9.90. The maximum atomic E-state index is 11.6. The number of hydrogen-bond acceptors (Lipinski definition) is 3. The van der Waals surface area contributed by atoms with E-state index in [1.165, 1.54) is 0 Å². The molecule has 4 nitrogen and oxygen atoms in total. The summed E-state index contributed by atoms with van der Waals surface area (Å²) in [6, 6.07) is 0.149. The van der Waals surface area contributed by atoms with Gasteiger partial charge >= 0.3 is 0 Å². The van der Waals surface area contributed by atoms with Gasteiger partial charge in [-0.2, -0.15) is 0 Å². The number of carbonyl (C=O) groups is 1. The summed E-state index contributed by atoms with van der Waals surface area (Å²) >= 11 is 0. The van der Waals surface area contributed by atoms with Crippen LogP contribution in [-0.2, 0) is 9.53 Å². The highest BCUT2D eigenvalue weighted by Gasteiger charge is 2.35. The maximum Gasteiger partial charge on any atom is 0.240 e. The van der Waals surface area contributed by atoms with E-state index in [2.05, 4.69) is 5.32 Å². The average molecular weight is 186 g/mol. The molecule has 1 aliphatic rings. The molecule has 4 heteroatoms. The van der Waals surface area contributed by atoms with Crippen molar-refractivity contribution in [1.29, 1.82) is 0 Å². The van der Waals surface area contributed by atoms with Crippen molar-refractivity contribution in [1.82, 2.24) is 5.32 Å². The van der Waals surface area contributed by atoms with E-state index in [0.29, 0.717) is 26.1 Å². The van der Waals surface area contributed by atoms with Gasteiger partial charge in [-0.25, -0.2) is 0 Å². The molecule has 1 heterocycles. The molecule has 0 spiro atoms. The Morgan fingerprint density at radius 1 is 1.46 bits per heavy atom. The van der Waals surface area contributed by atoms with Crippen LogP contribution < -0.4 is 11.1 Å². The summed E-state index contributed by atoms with van der Waals surface area (Å²) in [5, 5.41) is 2.83. The van der Waals surface area contributed by atoms with Gasteiger partial charge in [0.05, 0.1) is 5.54 Å². The van der Waals surface area contributed by atoms with Crippen LogP contribution in [0.3, 0.4) is 0 Å². The molecule has 1 aliphatic heterocycles. The summed E-state index contributed by atoms with van der Waals surface area (Å²) < 4.78 is 5.16. The topological polar surface area (TPSA) is 64.4 Å². The summed E-state index contributed by atoms with van der Waals surface area (Å²) in [5.74, 6) is -0.0502. The van der Waals surface area contributed by atoms with Crippen molar-refractivity contribution in [2.75, 3.05) is 13.2 Å². The highest BCUT2D eigenvalue weighted by Crippen LogP contribution is 2.17. The first-order valence-electron chi connectivity index (χ1n) is 4.72. The largest absolute Gasteiger partial charge is 0.381 e. The first-order chi connectivity index (χ1) is 6.04. The first-order valence-corrected chi connectivity index (χ1v) is 4.72. The number of rotatable bonds is 2. The number of hydrogen-bond donors (Lipinski definition) is 2. The van der Waals surface area contributed by atoms with Gasteiger partial charge in [-0.15, -0.1) is 0 Å². The summed E-state index contributed by atoms with van der Waals surface area (Å²) in [4.78, 5) is 11.6. The molecule has 1 amide bonds. The van der Waals surface area contributed by atoms with Crippen molar-refractivity contribution in [2.45, 2.75) is 38.3 Å². The molecule has 13 heavy (non-hydrogen) atoms. The molecule has 0 unspecified atom stereocenters. The van der Waals surface area contributed by atoms with Crippen molar-refractivity contribution in [3.63, 3.8) is 0 Å². The Hall–Kier alpha value is -0.610. The van der Waals surface area contributed by atoms with E-state index in [1.54, 1.807) is 0 Å². The predicted octanol–water partition coefficient (Wildman–Crippen LogP) is 0.0189. The molecule has 3 N–H and O–H groups in total. The SMILES string of the molecule is CC(C)NC(=O)C1(N)CCOCC1. The van der Waals surface area contributed by atoms with Crippen LogP contribution in [0.15, 0.2) is 0 Å². The molecular formula is C9H18N2O2. The Labute approximate surface area is 78.8 Å². The van der Waals surface area contributed by atoms with Gasteiger partial charge in [0.25, 0.3) is 0 Å². The fourth-order valence-corrected chi connectivity index (χ4v) is 1.37. The lowest BCUT2D eigenvalue weighted by Gasteiger charge is -2.32. The lowest BCUT2D eigenvalue weighted by atomic mass is 9.90. The maximum absolute atomic E-state index is 11.6. The second kappa shape index (κ2) is 4.07. The van der Waals surface area contributed by atoms with Gasteiger partial charge in [-0.3, -0.25) is 4.79 Å². The van der Waals surface area contributed by atoms with E-state index in [4.69, 9.17) is 10.5 Å². The average Bonchev–Trinajstić information content (AvgIpc) is 2.04. The molecule has 1 fully saturated rings. The van der Waals surface area contributed by atoms with Crippen LogP contribution in [-0.4, -0.2) is 30.7 Å². The third kappa shape index (κ3) is 2.67. The Morgan fingerprint density at radius 3 is 2.46 bits per heavy atom. The fourth-order valence-electron chi connectivity index (χ4n) is 1.37. The summed E-state index contributed by atoms with van der Waals surface area (Å²) in [7, 11) is 0. The van der Waals surface area contributed by atoms with Crippen LogP contribution in [0, 0.1) is 0 Å².